The minimum absolute atomic E-state index is 0.103. The van der Waals surface area contributed by atoms with Crippen LogP contribution in [0.4, 0.5) is 11.4 Å². The van der Waals surface area contributed by atoms with Crippen LogP contribution in [-0.4, -0.2) is 36.7 Å². The molecule has 1 aliphatic heterocycles. The van der Waals surface area contributed by atoms with Crippen molar-refractivity contribution in [2.75, 3.05) is 29.6 Å². The molecule has 0 fully saturated rings. The highest BCUT2D eigenvalue weighted by Crippen LogP contribution is 2.32. The molecule has 4 aromatic carbocycles. The Labute approximate surface area is 248 Å². The lowest BCUT2D eigenvalue weighted by Crippen LogP contribution is -2.30. The molecule has 5 rings (SSSR count). The number of thioether (sulfide) groups is 1. The number of carbonyl (C=O) groups excluding carboxylic acids is 3. The van der Waals surface area contributed by atoms with E-state index >= 15 is 0 Å². The van der Waals surface area contributed by atoms with Crippen LogP contribution >= 0.6 is 11.8 Å². The lowest BCUT2D eigenvalue weighted by molar-refractivity contribution is -0.114. The molecular weight excluding hydrogens is 550 g/mol. The first-order valence-electron chi connectivity index (χ1n) is 13.3. The standard InChI is InChI=1S/C33H29N3O5S/c1-22-7-5-8-23(17-22)18-28(36-32(38)24-9-3-2-4-10-24)33(39)35-25-11-6-12-27(19-25)42-21-31(37)34-26-13-14-29-30(20-26)41-16-15-40-29/h2-14,17-20H,15-16,21H2,1H3,(H,34,37)(H,35,39)(H,36,38)/b28-18+. The number of amides is 3. The molecule has 0 aromatic heterocycles. The monoisotopic (exact) mass is 579 g/mol. The molecule has 0 aliphatic carbocycles. The van der Waals surface area contributed by atoms with Crippen LogP contribution in [0.3, 0.4) is 0 Å². The van der Waals surface area contributed by atoms with Gasteiger partial charge in [0.05, 0.1) is 5.75 Å². The van der Waals surface area contributed by atoms with Crippen LogP contribution in [-0.2, 0) is 9.59 Å². The second-order valence-corrected chi connectivity index (χ2v) is 10.5. The first-order chi connectivity index (χ1) is 20.4. The highest BCUT2D eigenvalue weighted by molar-refractivity contribution is 8.00. The van der Waals surface area contributed by atoms with Gasteiger partial charge in [0.25, 0.3) is 11.8 Å². The quantitative estimate of drug-likeness (QED) is 0.168. The molecule has 0 saturated carbocycles. The number of hydrogen-bond acceptors (Lipinski definition) is 6. The van der Waals surface area contributed by atoms with Gasteiger partial charge >= 0.3 is 0 Å². The second kappa shape index (κ2) is 13.6. The van der Waals surface area contributed by atoms with Crippen LogP contribution in [0.25, 0.3) is 6.08 Å². The summed E-state index contributed by atoms with van der Waals surface area (Å²) in [5.41, 5.74) is 3.50. The molecule has 4 aromatic rings. The number of anilines is 2. The van der Waals surface area contributed by atoms with Gasteiger partial charge in [0, 0.05) is 27.9 Å². The van der Waals surface area contributed by atoms with Gasteiger partial charge in [-0.1, -0.05) is 54.1 Å². The van der Waals surface area contributed by atoms with Crippen molar-refractivity contribution in [3.05, 3.63) is 119 Å². The van der Waals surface area contributed by atoms with Gasteiger partial charge in [-0.3, -0.25) is 14.4 Å². The lowest BCUT2D eigenvalue weighted by Gasteiger charge is -2.19. The summed E-state index contributed by atoms with van der Waals surface area (Å²) in [7, 11) is 0. The summed E-state index contributed by atoms with van der Waals surface area (Å²) in [6, 6.07) is 28.8. The molecule has 3 N–H and O–H groups in total. The predicted octanol–water partition coefficient (Wildman–Crippen LogP) is 5.91. The first-order valence-corrected chi connectivity index (χ1v) is 14.3. The average Bonchev–Trinajstić information content (AvgIpc) is 3.00. The molecule has 1 aliphatic rings. The third-order valence-corrected chi connectivity index (χ3v) is 7.16. The van der Waals surface area contributed by atoms with Gasteiger partial charge in [0.15, 0.2) is 11.5 Å². The number of aryl methyl sites for hydroxylation is 1. The third kappa shape index (κ3) is 7.80. The number of rotatable bonds is 9. The van der Waals surface area contributed by atoms with Crippen molar-refractivity contribution < 1.29 is 23.9 Å². The molecule has 0 bridgehead atoms. The van der Waals surface area contributed by atoms with Gasteiger partial charge in [0.2, 0.25) is 5.91 Å². The van der Waals surface area contributed by atoms with E-state index < -0.39 is 11.8 Å². The van der Waals surface area contributed by atoms with E-state index in [0.29, 0.717) is 41.7 Å². The SMILES string of the molecule is Cc1cccc(/C=C(/NC(=O)c2ccccc2)C(=O)Nc2cccc(SCC(=O)Nc3ccc4c(c3)OCCO4)c2)c1. The van der Waals surface area contributed by atoms with E-state index in [9.17, 15) is 14.4 Å². The normalized spacial score (nSPS) is 12.3. The maximum atomic E-state index is 13.4. The predicted molar refractivity (Wildman–Crippen MR) is 165 cm³/mol. The van der Waals surface area contributed by atoms with Crippen molar-refractivity contribution in [2.45, 2.75) is 11.8 Å². The van der Waals surface area contributed by atoms with Gasteiger partial charge in [-0.15, -0.1) is 11.8 Å². The number of ether oxygens (including phenoxy) is 2. The molecule has 1 heterocycles. The third-order valence-electron chi connectivity index (χ3n) is 6.17. The lowest BCUT2D eigenvalue weighted by atomic mass is 10.1. The van der Waals surface area contributed by atoms with Gasteiger partial charge in [-0.2, -0.15) is 0 Å². The highest BCUT2D eigenvalue weighted by atomic mass is 32.2. The molecule has 0 atom stereocenters. The number of fused-ring (bicyclic) bond motifs is 1. The van der Waals surface area contributed by atoms with Gasteiger partial charge in [-0.25, -0.2) is 0 Å². The summed E-state index contributed by atoms with van der Waals surface area (Å²) in [5, 5.41) is 8.49. The van der Waals surface area contributed by atoms with Gasteiger partial charge in [-0.05, 0) is 61.0 Å². The molecule has 0 spiro atoms. The minimum Gasteiger partial charge on any atom is -0.486 e. The highest BCUT2D eigenvalue weighted by Gasteiger charge is 2.16. The summed E-state index contributed by atoms with van der Waals surface area (Å²) in [6.45, 7) is 2.93. The summed E-state index contributed by atoms with van der Waals surface area (Å²) < 4.78 is 11.1. The van der Waals surface area contributed by atoms with Crippen molar-refractivity contribution in [1.29, 1.82) is 0 Å². The maximum Gasteiger partial charge on any atom is 0.272 e. The molecule has 0 saturated heterocycles. The Morgan fingerprint density at radius 2 is 1.55 bits per heavy atom. The maximum absolute atomic E-state index is 13.4. The Bertz CT molecular complexity index is 1640. The van der Waals surface area contributed by atoms with Crippen molar-refractivity contribution in [1.82, 2.24) is 5.32 Å². The largest absolute Gasteiger partial charge is 0.486 e. The van der Waals surface area contributed by atoms with Crippen molar-refractivity contribution in [3.63, 3.8) is 0 Å². The molecule has 0 unspecified atom stereocenters. The van der Waals surface area contributed by atoms with E-state index in [1.54, 1.807) is 66.7 Å². The fraction of sp³-hybridized carbons (Fsp3) is 0.121. The van der Waals surface area contributed by atoms with Crippen LogP contribution in [0.2, 0.25) is 0 Å². The molecule has 3 amide bonds. The molecular formula is C33H29N3O5S. The number of nitrogens with one attached hydrogen (secondary N) is 3. The Morgan fingerprint density at radius 1 is 0.786 bits per heavy atom. The van der Waals surface area contributed by atoms with Crippen molar-refractivity contribution in [3.8, 4) is 11.5 Å². The smallest absolute Gasteiger partial charge is 0.272 e. The Morgan fingerprint density at radius 3 is 2.36 bits per heavy atom. The number of carbonyl (C=O) groups is 3. The van der Waals surface area contributed by atoms with E-state index in [4.69, 9.17) is 9.47 Å². The van der Waals surface area contributed by atoms with Crippen LogP contribution in [0, 0.1) is 6.92 Å². The van der Waals surface area contributed by atoms with Crippen LogP contribution < -0.4 is 25.4 Å². The topological polar surface area (TPSA) is 106 Å². The van der Waals surface area contributed by atoms with Crippen LogP contribution in [0.15, 0.2) is 108 Å². The average molecular weight is 580 g/mol. The zero-order valence-corrected chi connectivity index (χ0v) is 23.7. The number of hydrogen-bond donors (Lipinski definition) is 3. The molecule has 0 radical (unpaired) electrons. The fourth-order valence-corrected chi connectivity index (χ4v) is 4.95. The van der Waals surface area contributed by atoms with E-state index in [1.807, 2.05) is 43.3 Å². The van der Waals surface area contributed by atoms with Crippen LogP contribution in [0.1, 0.15) is 21.5 Å². The number of benzene rings is 4. The Hall–Kier alpha value is -5.02. The molecule has 8 nitrogen and oxygen atoms in total. The summed E-state index contributed by atoms with van der Waals surface area (Å²) in [6.07, 6.45) is 1.64. The zero-order chi connectivity index (χ0) is 29.3. The fourth-order valence-electron chi connectivity index (χ4n) is 4.20. The van der Waals surface area contributed by atoms with E-state index in [2.05, 4.69) is 16.0 Å². The molecule has 42 heavy (non-hydrogen) atoms. The Kier molecular flexibility index (Phi) is 9.20. The van der Waals surface area contributed by atoms with Crippen molar-refractivity contribution >= 4 is 46.9 Å². The Balaban J connectivity index is 1.24. The molecule has 9 heteroatoms. The first kappa shape index (κ1) is 28.5. The summed E-state index contributed by atoms with van der Waals surface area (Å²) in [4.78, 5) is 39.7. The zero-order valence-electron chi connectivity index (χ0n) is 22.9. The van der Waals surface area contributed by atoms with E-state index in [1.165, 1.54) is 11.8 Å². The van der Waals surface area contributed by atoms with Crippen molar-refractivity contribution in [2.24, 2.45) is 0 Å². The summed E-state index contributed by atoms with van der Waals surface area (Å²) >= 11 is 1.33. The van der Waals surface area contributed by atoms with E-state index in [0.717, 1.165) is 16.0 Å². The summed E-state index contributed by atoms with van der Waals surface area (Å²) in [5.74, 6) is 0.377. The van der Waals surface area contributed by atoms with Gasteiger partial charge in [0.1, 0.15) is 18.9 Å². The minimum atomic E-state index is -0.473. The molecule has 212 valence electrons. The van der Waals surface area contributed by atoms with Crippen LogP contribution in [0.5, 0.6) is 11.5 Å². The second-order valence-electron chi connectivity index (χ2n) is 9.47. The van der Waals surface area contributed by atoms with E-state index in [-0.39, 0.29) is 17.4 Å². The van der Waals surface area contributed by atoms with Gasteiger partial charge < -0.3 is 25.4 Å².